The Kier molecular flexibility index (Phi) is 7.30. The number of ether oxygens (including phenoxy) is 5. The molecule has 2 aromatic carbocycles. The zero-order chi connectivity index (χ0) is 22.7. The molecule has 3 heterocycles. The highest BCUT2D eigenvalue weighted by molar-refractivity contribution is 5.45. The third kappa shape index (κ3) is 4.47. The van der Waals surface area contributed by atoms with E-state index in [0.29, 0.717) is 6.61 Å². The van der Waals surface area contributed by atoms with Gasteiger partial charge in [0.15, 0.2) is 18.9 Å². The molecule has 0 amide bonds. The van der Waals surface area contributed by atoms with E-state index in [2.05, 4.69) is 10.6 Å². The van der Waals surface area contributed by atoms with Gasteiger partial charge in [0.2, 0.25) is 0 Å². The lowest BCUT2D eigenvalue weighted by Crippen LogP contribution is -2.60. The number of hydrogen-bond acceptors (Lipinski definition) is 8. The second-order valence-electron chi connectivity index (χ2n) is 7.61. The standard InChI is InChI=1S/C22H26N2O6.C2H6/c1-23-14-7-3-12(4-8-14)21-26-11-16-17(28-21)18-19(20(25)27-16)30-22(29-18)13-5-9-15(24-2)10-6-13;1-2/h3-10,16-25H,11H2,1-2H3;1-2H3. The third-order valence-corrected chi connectivity index (χ3v) is 5.81. The summed E-state index contributed by atoms with van der Waals surface area (Å²) in [6, 6.07) is 15.7. The van der Waals surface area contributed by atoms with Gasteiger partial charge in [0.25, 0.3) is 0 Å². The van der Waals surface area contributed by atoms with Crippen molar-refractivity contribution in [2.45, 2.75) is 57.1 Å². The Morgan fingerprint density at radius 3 is 1.75 bits per heavy atom. The van der Waals surface area contributed by atoms with Crippen molar-refractivity contribution in [1.82, 2.24) is 0 Å². The van der Waals surface area contributed by atoms with Crippen LogP contribution in [0.1, 0.15) is 37.6 Å². The summed E-state index contributed by atoms with van der Waals surface area (Å²) in [7, 11) is 3.74. The fourth-order valence-electron chi connectivity index (χ4n) is 4.12. The summed E-state index contributed by atoms with van der Waals surface area (Å²) in [6.07, 6.45) is -4.17. The molecule has 0 spiro atoms. The maximum absolute atomic E-state index is 10.5. The summed E-state index contributed by atoms with van der Waals surface area (Å²) in [4.78, 5) is 0. The summed E-state index contributed by atoms with van der Waals surface area (Å²) in [6.45, 7) is 4.30. The van der Waals surface area contributed by atoms with E-state index < -0.39 is 43.3 Å². The van der Waals surface area contributed by atoms with E-state index in [1.54, 1.807) is 0 Å². The van der Waals surface area contributed by atoms with Crippen molar-refractivity contribution in [3.8, 4) is 0 Å². The van der Waals surface area contributed by atoms with Crippen LogP contribution in [0, 0.1) is 0 Å². The van der Waals surface area contributed by atoms with E-state index in [1.165, 1.54) is 0 Å². The average Bonchev–Trinajstić information content (AvgIpc) is 3.32. The quantitative estimate of drug-likeness (QED) is 0.661. The van der Waals surface area contributed by atoms with E-state index in [9.17, 15) is 5.11 Å². The van der Waals surface area contributed by atoms with Crippen LogP contribution in [0.25, 0.3) is 0 Å². The molecule has 0 bridgehead atoms. The first kappa shape index (κ1) is 23.0. The van der Waals surface area contributed by atoms with Gasteiger partial charge in [-0.1, -0.05) is 38.1 Å². The summed E-state index contributed by atoms with van der Waals surface area (Å²) >= 11 is 0. The van der Waals surface area contributed by atoms with E-state index in [-0.39, 0.29) is 0 Å². The van der Waals surface area contributed by atoms with Crippen LogP contribution in [0.3, 0.4) is 0 Å². The number of aliphatic hydroxyl groups excluding tert-OH is 1. The number of benzene rings is 2. The second-order valence-corrected chi connectivity index (χ2v) is 7.61. The lowest BCUT2D eigenvalue weighted by atomic mass is 9.98. The molecule has 0 aliphatic carbocycles. The SMILES string of the molecule is CC.CNc1ccc(C2OCC3OC(O)C4OC(c5ccc(NC)cc5)OC4C3O2)cc1. The molecule has 0 radical (unpaired) electrons. The lowest BCUT2D eigenvalue weighted by Gasteiger charge is -2.44. The Balaban J connectivity index is 0.00000119. The highest BCUT2D eigenvalue weighted by Crippen LogP contribution is 2.43. The van der Waals surface area contributed by atoms with Gasteiger partial charge in [-0.3, -0.25) is 0 Å². The molecule has 8 nitrogen and oxygen atoms in total. The number of hydrogen-bond donors (Lipinski definition) is 3. The van der Waals surface area contributed by atoms with Crippen LogP contribution in [-0.2, 0) is 23.7 Å². The first-order chi connectivity index (χ1) is 15.7. The van der Waals surface area contributed by atoms with Crippen LogP contribution in [0.5, 0.6) is 0 Å². The molecule has 3 saturated heterocycles. The van der Waals surface area contributed by atoms with E-state index in [1.807, 2.05) is 76.5 Å². The minimum atomic E-state index is -1.10. The summed E-state index contributed by atoms with van der Waals surface area (Å²) in [5.74, 6) is 0. The second kappa shape index (κ2) is 10.2. The molecule has 0 aromatic heterocycles. The van der Waals surface area contributed by atoms with Gasteiger partial charge in [0.1, 0.15) is 24.4 Å². The third-order valence-electron chi connectivity index (χ3n) is 5.81. The Labute approximate surface area is 188 Å². The van der Waals surface area contributed by atoms with Crippen molar-refractivity contribution < 1.29 is 28.8 Å². The molecule has 174 valence electrons. The monoisotopic (exact) mass is 444 g/mol. The lowest BCUT2D eigenvalue weighted by molar-refractivity contribution is -0.340. The highest BCUT2D eigenvalue weighted by Gasteiger charge is 2.55. The van der Waals surface area contributed by atoms with Crippen molar-refractivity contribution in [3.05, 3.63) is 59.7 Å². The van der Waals surface area contributed by atoms with Crippen molar-refractivity contribution in [3.63, 3.8) is 0 Å². The van der Waals surface area contributed by atoms with Gasteiger partial charge in [0, 0.05) is 36.6 Å². The van der Waals surface area contributed by atoms with Crippen molar-refractivity contribution in [2.24, 2.45) is 0 Å². The molecule has 3 N–H and O–H groups in total. The van der Waals surface area contributed by atoms with Crippen LogP contribution in [-0.4, -0.2) is 56.5 Å². The minimum Gasteiger partial charge on any atom is -0.388 e. The smallest absolute Gasteiger partial charge is 0.185 e. The van der Waals surface area contributed by atoms with Crippen LogP contribution in [0.15, 0.2) is 48.5 Å². The van der Waals surface area contributed by atoms with Crippen LogP contribution < -0.4 is 10.6 Å². The Morgan fingerprint density at radius 1 is 0.688 bits per heavy atom. The number of anilines is 2. The first-order valence-corrected chi connectivity index (χ1v) is 11.1. The fourth-order valence-corrected chi connectivity index (χ4v) is 4.12. The summed E-state index contributed by atoms with van der Waals surface area (Å²) in [5, 5.41) is 16.6. The zero-order valence-corrected chi connectivity index (χ0v) is 18.9. The Hall–Kier alpha value is -2.20. The fraction of sp³-hybridized carbons (Fsp3) is 0.500. The zero-order valence-electron chi connectivity index (χ0n) is 18.9. The number of nitrogens with one attached hydrogen (secondary N) is 2. The van der Waals surface area contributed by atoms with E-state index in [4.69, 9.17) is 23.7 Å². The molecule has 7 atom stereocenters. The molecular formula is C24H32N2O6. The van der Waals surface area contributed by atoms with E-state index >= 15 is 0 Å². The topological polar surface area (TPSA) is 90.4 Å². The van der Waals surface area contributed by atoms with Crippen molar-refractivity contribution >= 4 is 11.4 Å². The molecule has 5 rings (SSSR count). The first-order valence-electron chi connectivity index (χ1n) is 11.1. The number of fused-ring (bicyclic) bond motifs is 3. The summed E-state index contributed by atoms with van der Waals surface area (Å²) < 4.78 is 30.0. The normalized spacial score (nSPS) is 33.3. The minimum absolute atomic E-state index is 0.300. The van der Waals surface area contributed by atoms with Crippen molar-refractivity contribution in [2.75, 3.05) is 31.3 Å². The maximum Gasteiger partial charge on any atom is 0.185 e. The molecule has 32 heavy (non-hydrogen) atoms. The van der Waals surface area contributed by atoms with Crippen LogP contribution in [0.2, 0.25) is 0 Å². The highest BCUT2D eigenvalue weighted by atomic mass is 16.8. The van der Waals surface area contributed by atoms with Gasteiger partial charge in [-0.15, -0.1) is 0 Å². The van der Waals surface area contributed by atoms with Crippen LogP contribution >= 0.6 is 0 Å². The summed E-state index contributed by atoms with van der Waals surface area (Å²) in [5.41, 5.74) is 3.79. The van der Waals surface area contributed by atoms with Gasteiger partial charge in [-0.25, -0.2) is 0 Å². The van der Waals surface area contributed by atoms with Gasteiger partial charge in [0.05, 0.1) is 6.61 Å². The van der Waals surface area contributed by atoms with Crippen LogP contribution in [0.4, 0.5) is 11.4 Å². The predicted octanol–water partition coefficient (Wildman–Crippen LogP) is 3.41. The molecule has 7 unspecified atom stereocenters. The molecular weight excluding hydrogens is 412 g/mol. The van der Waals surface area contributed by atoms with Gasteiger partial charge < -0.3 is 39.4 Å². The molecule has 0 saturated carbocycles. The maximum atomic E-state index is 10.5. The Bertz CT molecular complexity index is 862. The van der Waals surface area contributed by atoms with Gasteiger partial charge in [-0.05, 0) is 24.3 Å². The largest absolute Gasteiger partial charge is 0.388 e. The predicted molar refractivity (Wildman–Crippen MR) is 120 cm³/mol. The molecule has 2 aromatic rings. The molecule has 3 aliphatic rings. The number of rotatable bonds is 4. The average molecular weight is 445 g/mol. The van der Waals surface area contributed by atoms with Crippen molar-refractivity contribution in [1.29, 1.82) is 0 Å². The van der Waals surface area contributed by atoms with Gasteiger partial charge >= 0.3 is 0 Å². The molecule has 3 aliphatic heterocycles. The number of aliphatic hydroxyl groups is 1. The molecule has 3 fully saturated rings. The molecule has 8 heteroatoms. The van der Waals surface area contributed by atoms with E-state index in [0.717, 1.165) is 22.5 Å². The Morgan fingerprint density at radius 2 is 1.19 bits per heavy atom. The van der Waals surface area contributed by atoms with Gasteiger partial charge in [-0.2, -0.15) is 0 Å².